The number of hydrogen-bond donors (Lipinski definition) is 3. The van der Waals surface area contributed by atoms with Crippen LogP contribution in [0.5, 0.6) is 0 Å². The highest BCUT2D eigenvalue weighted by atomic mass is 31.2. The molecular weight excluding hydrogens is 733 g/mol. The van der Waals surface area contributed by atoms with Crippen LogP contribution >= 0.6 is 7.82 Å². The quantitative estimate of drug-likeness (QED) is 0.0232. The highest BCUT2D eigenvalue weighted by molar-refractivity contribution is 7.47. The Bertz CT molecular complexity index is 1100. The molecule has 11 nitrogen and oxygen atoms in total. The molecule has 0 aromatic rings. The van der Waals surface area contributed by atoms with Gasteiger partial charge in [0, 0.05) is 12.8 Å². The third-order valence-corrected chi connectivity index (χ3v) is 10.3. The van der Waals surface area contributed by atoms with E-state index in [4.69, 9.17) is 24.8 Å². The maximum atomic E-state index is 12.6. The van der Waals surface area contributed by atoms with Crippen molar-refractivity contribution in [3.8, 4) is 0 Å². The van der Waals surface area contributed by atoms with Gasteiger partial charge in [0.2, 0.25) is 0 Å². The van der Waals surface area contributed by atoms with Crippen molar-refractivity contribution in [2.24, 2.45) is 5.73 Å². The van der Waals surface area contributed by atoms with Gasteiger partial charge in [0.1, 0.15) is 12.6 Å². The van der Waals surface area contributed by atoms with Gasteiger partial charge in [-0.3, -0.25) is 23.4 Å². The van der Waals surface area contributed by atoms with Crippen LogP contribution in [0, 0.1) is 0 Å². The average Bonchev–Trinajstić information content (AvgIpc) is 3.17. The van der Waals surface area contributed by atoms with E-state index in [-0.39, 0.29) is 19.4 Å². The molecular formula is C44H80NO10P. The van der Waals surface area contributed by atoms with Gasteiger partial charge in [-0.2, -0.15) is 0 Å². The average molecular weight is 814 g/mol. The van der Waals surface area contributed by atoms with Crippen LogP contribution in [-0.2, 0) is 37.5 Å². The highest BCUT2D eigenvalue weighted by Crippen LogP contribution is 2.43. The molecule has 0 aliphatic carbocycles. The maximum absolute atomic E-state index is 12.6. The van der Waals surface area contributed by atoms with Crippen molar-refractivity contribution in [3.63, 3.8) is 0 Å². The standard InChI is InChI=1S/C44H80NO10P/c1-3-5-7-9-11-13-15-17-18-19-20-21-22-24-25-27-29-31-33-35-42(46)52-37-40(38-53-56(50,51)54-39-41(45)44(48)49)55-43(47)36-34-32-30-28-26-23-16-14-12-10-8-6-4-2/h8,10,14,16-18,40-41H,3-7,9,11-13,15,19-39,45H2,1-2H3,(H,48,49)(H,50,51)/b10-8-,16-14-,18-17-. The summed E-state index contributed by atoms with van der Waals surface area (Å²) in [7, 11) is -4.72. The minimum absolute atomic E-state index is 0.145. The third-order valence-electron chi connectivity index (χ3n) is 9.34. The van der Waals surface area contributed by atoms with Crippen molar-refractivity contribution < 1.29 is 47.5 Å². The molecule has 3 atom stereocenters. The van der Waals surface area contributed by atoms with Crippen molar-refractivity contribution in [1.82, 2.24) is 0 Å². The Labute approximate surface area is 340 Å². The summed E-state index contributed by atoms with van der Waals surface area (Å²) in [6, 6.07) is -1.52. The van der Waals surface area contributed by atoms with Crippen LogP contribution < -0.4 is 5.73 Å². The molecule has 326 valence electrons. The Morgan fingerprint density at radius 3 is 1.48 bits per heavy atom. The number of allylic oxidation sites excluding steroid dienone is 6. The number of hydrogen-bond acceptors (Lipinski definition) is 9. The van der Waals surface area contributed by atoms with Gasteiger partial charge < -0.3 is 25.2 Å². The zero-order chi connectivity index (χ0) is 41.4. The molecule has 0 rings (SSSR count). The highest BCUT2D eigenvalue weighted by Gasteiger charge is 2.28. The summed E-state index contributed by atoms with van der Waals surface area (Å²) < 4.78 is 32.7. The summed E-state index contributed by atoms with van der Waals surface area (Å²) in [6.45, 7) is 2.72. The van der Waals surface area contributed by atoms with Crippen LogP contribution in [0.4, 0.5) is 0 Å². The first-order valence-electron chi connectivity index (χ1n) is 22.0. The number of carboxylic acids is 1. The molecule has 4 N–H and O–H groups in total. The summed E-state index contributed by atoms with van der Waals surface area (Å²) in [5, 5.41) is 8.88. The molecule has 0 aromatic carbocycles. The molecule has 0 radical (unpaired) electrons. The molecule has 12 heteroatoms. The Balaban J connectivity index is 4.32. The molecule has 0 aromatic heterocycles. The normalized spacial score (nSPS) is 14.1. The van der Waals surface area contributed by atoms with Crippen LogP contribution in [0.1, 0.15) is 194 Å². The summed E-state index contributed by atoms with van der Waals surface area (Å²) in [5.74, 6) is -2.40. The van der Waals surface area contributed by atoms with Crippen molar-refractivity contribution in [3.05, 3.63) is 36.5 Å². The third kappa shape index (κ3) is 38.6. The van der Waals surface area contributed by atoms with E-state index in [0.717, 1.165) is 70.6 Å². The fraction of sp³-hybridized carbons (Fsp3) is 0.795. The Kier molecular flexibility index (Phi) is 37.9. The number of nitrogens with two attached hydrogens (primary N) is 1. The van der Waals surface area contributed by atoms with Crippen molar-refractivity contribution in [1.29, 1.82) is 0 Å². The minimum atomic E-state index is -4.72. The summed E-state index contributed by atoms with van der Waals surface area (Å²) in [6.07, 6.45) is 42.1. The maximum Gasteiger partial charge on any atom is 0.472 e. The van der Waals surface area contributed by atoms with Crippen LogP contribution in [0.25, 0.3) is 0 Å². The molecule has 0 saturated heterocycles. The van der Waals surface area contributed by atoms with Gasteiger partial charge in [-0.25, -0.2) is 4.57 Å². The van der Waals surface area contributed by atoms with Crippen molar-refractivity contribution in [2.45, 2.75) is 206 Å². The molecule has 56 heavy (non-hydrogen) atoms. The van der Waals surface area contributed by atoms with E-state index in [9.17, 15) is 23.8 Å². The number of rotatable bonds is 41. The Hall–Kier alpha value is -2.30. The topological polar surface area (TPSA) is 172 Å². The first-order chi connectivity index (χ1) is 27.1. The van der Waals surface area contributed by atoms with Gasteiger partial charge >= 0.3 is 25.7 Å². The first-order valence-corrected chi connectivity index (χ1v) is 23.5. The van der Waals surface area contributed by atoms with E-state index in [1.54, 1.807) is 0 Å². The van der Waals surface area contributed by atoms with Crippen LogP contribution in [-0.4, -0.2) is 59.9 Å². The molecule has 0 bridgehead atoms. The predicted octanol–water partition coefficient (Wildman–Crippen LogP) is 11.6. The van der Waals surface area contributed by atoms with E-state index < -0.39 is 51.1 Å². The van der Waals surface area contributed by atoms with E-state index in [0.29, 0.717) is 12.8 Å². The number of aliphatic carboxylic acids is 1. The van der Waals surface area contributed by atoms with Gasteiger partial charge in [-0.1, -0.05) is 153 Å². The predicted molar refractivity (Wildman–Crippen MR) is 226 cm³/mol. The number of phosphoric ester groups is 1. The number of carboxylic acid groups (broad SMARTS) is 1. The molecule has 0 amide bonds. The van der Waals surface area contributed by atoms with Gasteiger partial charge in [0.05, 0.1) is 13.2 Å². The second kappa shape index (κ2) is 39.5. The molecule has 0 aliphatic rings. The van der Waals surface area contributed by atoms with Gasteiger partial charge in [0.25, 0.3) is 0 Å². The fourth-order valence-electron chi connectivity index (χ4n) is 5.86. The van der Waals surface area contributed by atoms with Crippen molar-refractivity contribution in [2.75, 3.05) is 19.8 Å². The Morgan fingerprint density at radius 2 is 0.982 bits per heavy atom. The SMILES string of the molecule is CCC/C=C\C/C=C\CCCCCCCC(=O)OC(COC(=O)CCCCCCCCCCC/C=C\CCCCCCCC)COP(=O)(O)OCC(N)C(=O)O. The van der Waals surface area contributed by atoms with E-state index in [2.05, 4.69) is 54.8 Å². The lowest BCUT2D eigenvalue weighted by Gasteiger charge is -2.20. The van der Waals surface area contributed by atoms with Gasteiger partial charge in [-0.15, -0.1) is 0 Å². The summed E-state index contributed by atoms with van der Waals surface area (Å²) in [5.41, 5.74) is 5.33. The summed E-state index contributed by atoms with van der Waals surface area (Å²) in [4.78, 5) is 45.9. The molecule has 0 spiro atoms. The molecule has 3 unspecified atom stereocenters. The minimum Gasteiger partial charge on any atom is -0.480 e. The second-order valence-corrected chi connectivity index (χ2v) is 16.3. The Morgan fingerprint density at radius 1 is 0.554 bits per heavy atom. The van der Waals surface area contributed by atoms with Crippen molar-refractivity contribution >= 4 is 25.7 Å². The number of phosphoric acid groups is 1. The van der Waals surface area contributed by atoms with E-state index >= 15 is 0 Å². The monoisotopic (exact) mass is 814 g/mol. The molecule has 0 heterocycles. The number of ether oxygens (including phenoxy) is 2. The van der Waals surface area contributed by atoms with Crippen LogP contribution in [0.3, 0.4) is 0 Å². The number of carbonyl (C=O) groups excluding carboxylic acids is 2. The lowest BCUT2D eigenvalue weighted by Crippen LogP contribution is -2.34. The molecule has 0 aliphatic heterocycles. The smallest absolute Gasteiger partial charge is 0.472 e. The van der Waals surface area contributed by atoms with E-state index in [1.807, 2.05) is 0 Å². The summed E-state index contributed by atoms with van der Waals surface area (Å²) >= 11 is 0. The lowest BCUT2D eigenvalue weighted by atomic mass is 10.1. The number of esters is 2. The fourth-order valence-corrected chi connectivity index (χ4v) is 6.64. The lowest BCUT2D eigenvalue weighted by molar-refractivity contribution is -0.161. The number of unbranched alkanes of at least 4 members (excludes halogenated alkanes) is 21. The largest absolute Gasteiger partial charge is 0.480 e. The second-order valence-electron chi connectivity index (χ2n) is 14.8. The molecule has 0 fully saturated rings. The van der Waals surface area contributed by atoms with Crippen LogP contribution in [0.15, 0.2) is 36.5 Å². The first kappa shape index (κ1) is 53.7. The zero-order valence-electron chi connectivity index (χ0n) is 35.2. The van der Waals surface area contributed by atoms with Gasteiger partial charge in [0.15, 0.2) is 6.10 Å². The van der Waals surface area contributed by atoms with Gasteiger partial charge in [-0.05, 0) is 64.2 Å². The zero-order valence-corrected chi connectivity index (χ0v) is 36.1. The number of carbonyl (C=O) groups is 3. The van der Waals surface area contributed by atoms with Crippen LogP contribution in [0.2, 0.25) is 0 Å². The van der Waals surface area contributed by atoms with E-state index in [1.165, 1.54) is 83.5 Å². The molecule has 0 saturated carbocycles.